The van der Waals surface area contributed by atoms with Crippen molar-refractivity contribution in [1.29, 1.82) is 0 Å². The van der Waals surface area contributed by atoms with Crippen molar-refractivity contribution >= 4 is 17.3 Å². The number of carbonyl (C=O) groups excluding carboxylic acids is 1. The standard InChI is InChI=1S/C20H21NO/c22-20(19-17-13-7-8-14-18(17)19)21(15-9-3-1-4-10-15)16-11-5-2-6-12-16/h1-6,9-12,17-19H,7-8,13-14H2/t17-,18-/m0/s1. The molecule has 4 rings (SSSR count). The van der Waals surface area contributed by atoms with Gasteiger partial charge in [0.2, 0.25) is 5.91 Å². The van der Waals surface area contributed by atoms with Crippen LogP contribution in [-0.4, -0.2) is 5.91 Å². The summed E-state index contributed by atoms with van der Waals surface area (Å²) < 4.78 is 0. The van der Waals surface area contributed by atoms with E-state index in [9.17, 15) is 4.79 Å². The lowest BCUT2D eigenvalue weighted by Crippen LogP contribution is -2.28. The molecule has 2 aliphatic carbocycles. The number of carbonyl (C=O) groups is 1. The molecule has 2 saturated carbocycles. The van der Waals surface area contributed by atoms with Crippen molar-refractivity contribution in [1.82, 2.24) is 0 Å². The van der Waals surface area contributed by atoms with Crippen molar-refractivity contribution in [3.05, 3.63) is 60.7 Å². The van der Waals surface area contributed by atoms with E-state index in [-0.39, 0.29) is 11.8 Å². The van der Waals surface area contributed by atoms with Crippen LogP contribution in [0.25, 0.3) is 0 Å². The zero-order valence-electron chi connectivity index (χ0n) is 12.7. The number of hydrogen-bond donors (Lipinski definition) is 0. The lowest BCUT2D eigenvalue weighted by atomic mass is 10.0. The number of amides is 1. The molecule has 2 atom stereocenters. The second-order valence-electron chi connectivity index (χ2n) is 6.48. The van der Waals surface area contributed by atoms with Crippen LogP contribution in [0.1, 0.15) is 25.7 Å². The minimum absolute atomic E-state index is 0.239. The Hall–Kier alpha value is -2.09. The van der Waals surface area contributed by atoms with Crippen LogP contribution in [0.2, 0.25) is 0 Å². The highest BCUT2D eigenvalue weighted by molar-refractivity contribution is 6.03. The maximum Gasteiger partial charge on any atom is 0.235 e. The van der Waals surface area contributed by atoms with Gasteiger partial charge in [0.15, 0.2) is 0 Å². The first-order chi connectivity index (χ1) is 10.9. The van der Waals surface area contributed by atoms with Gasteiger partial charge < -0.3 is 0 Å². The molecule has 2 nitrogen and oxygen atoms in total. The fraction of sp³-hybridized carbons (Fsp3) is 0.350. The zero-order valence-corrected chi connectivity index (χ0v) is 12.7. The normalized spacial score (nSPS) is 26.1. The number of hydrogen-bond acceptors (Lipinski definition) is 1. The van der Waals surface area contributed by atoms with E-state index < -0.39 is 0 Å². The summed E-state index contributed by atoms with van der Waals surface area (Å²) in [6.45, 7) is 0. The molecule has 0 unspecified atom stereocenters. The Labute approximate surface area is 131 Å². The molecule has 2 heteroatoms. The summed E-state index contributed by atoms with van der Waals surface area (Å²) in [6, 6.07) is 20.1. The summed E-state index contributed by atoms with van der Waals surface area (Å²) in [5, 5.41) is 0. The second-order valence-corrected chi connectivity index (χ2v) is 6.48. The summed E-state index contributed by atoms with van der Waals surface area (Å²) >= 11 is 0. The Kier molecular flexibility index (Phi) is 3.45. The van der Waals surface area contributed by atoms with E-state index in [4.69, 9.17) is 0 Å². The first-order valence-corrected chi connectivity index (χ1v) is 8.30. The first-order valence-electron chi connectivity index (χ1n) is 8.30. The van der Waals surface area contributed by atoms with Gasteiger partial charge in [0.1, 0.15) is 0 Å². The molecule has 2 aromatic carbocycles. The predicted octanol–water partition coefficient (Wildman–Crippen LogP) is 4.79. The van der Waals surface area contributed by atoms with Gasteiger partial charge in [0.25, 0.3) is 0 Å². The Morgan fingerprint density at radius 2 is 1.23 bits per heavy atom. The van der Waals surface area contributed by atoms with Crippen molar-refractivity contribution in [3.8, 4) is 0 Å². The zero-order chi connectivity index (χ0) is 14.9. The molecule has 0 bridgehead atoms. The van der Waals surface area contributed by atoms with E-state index in [0.717, 1.165) is 11.4 Å². The molecule has 0 aliphatic heterocycles. The Bertz CT molecular complexity index is 600. The van der Waals surface area contributed by atoms with Crippen molar-refractivity contribution in [2.24, 2.45) is 17.8 Å². The highest BCUT2D eigenvalue weighted by Crippen LogP contribution is 2.56. The van der Waals surface area contributed by atoms with Gasteiger partial charge >= 0.3 is 0 Å². The summed E-state index contributed by atoms with van der Waals surface area (Å²) in [5.74, 6) is 1.80. The number of fused-ring (bicyclic) bond motifs is 1. The smallest absolute Gasteiger partial charge is 0.235 e. The SMILES string of the molecule is O=C(C1[C@H]2CCCC[C@H]12)N(c1ccccc1)c1ccccc1. The second kappa shape index (κ2) is 5.60. The number of rotatable bonds is 3. The molecule has 2 aliphatic rings. The quantitative estimate of drug-likeness (QED) is 0.796. The molecule has 0 saturated heterocycles. The van der Waals surface area contributed by atoms with Crippen molar-refractivity contribution in [3.63, 3.8) is 0 Å². The predicted molar refractivity (Wildman–Crippen MR) is 89.0 cm³/mol. The van der Waals surface area contributed by atoms with Crippen molar-refractivity contribution < 1.29 is 4.79 Å². The van der Waals surface area contributed by atoms with Gasteiger partial charge in [-0.05, 0) is 48.9 Å². The average molecular weight is 291 g/mol. The summed E-state index contributed by atoms with van der Waals surface area (Å²) in [4.78, 5) is 15.1. The van der Waals surface area contributed by atoms with Gasteiger partial charge in [-0.15, -0.1) is 0 Å². The van der Waals surface area contributed by atoms with Gasteiger partial charge in [-0.25, -0.2) is 0 Å². The van der Waals surface area contributed by atoms with Crippen LogP contribution in [0.5, 0.6) is 0 Å². The summed E-state index contributed by atoms with van der Waals surface area (Å²) in [6.07, 6.45) is 5.06. The van der Waals surface area contributed by atoms with Gasteiger partial charge in [-0.2, -0.15) is 0 Å². The van der Waals surface area contributed by atoms with E-state index in [2.05, 4.69) is 0 Å². The Morgan fingerprint density at radius 1 is 0.773 bits per heavy atom. The van der Waals surface area contributed by atoms with E-state index in [1.807, 2.05) is 65.6 Å². The Balaban J connectivity index is 1.67. The number of anilines is 2. The van der Waals surface area contributed by atoms with Crippen LogP contribution in [0, 0.1) is 17.8 Å². The molecular weight excluding hydrogens is 270 g/mol. The van der Waals surface area contributed by atoms with Crippen LogP contribution in [0.4, 0.5) is 11.4 Å². The maximum absolute atomic E-state index is 13.2. The molecule has 2 aromatic rings. The highest BCUT2D eigenvalue weighted by Gasteiger charge is 2.56. The number of nitrogens with zero attached hydrogens (tertiary/aromatic N) is 1. The minimum atomic E-state index is 0.239. The van der Waals surface area contributed by atoms with E-state index in [1.54, 1.807) is 0 Å². The average Bonchev–Trinajstić information content (AvgIpc) is 3.31. The van der Waals surface area contributed by atoms with Crippen molar-refractivity contribution in [2.45, 2.75) is 25.7 Å². The van der Waals surface area contributed by atoms with Crippen LogP contribution >= 0.6 is 0 Å². The number of para-hydroxylation sites is 2. The first kappa shape index (κ1) is 13.6. The van der Waals surface area contributed by atoms with Crippen LogP contribution in [-0.2, 0) is 4.79 Å². The largest absolute Gasteiger partial charge is 0.281 e. The Morgan fingerprint density at radius 3 is 1.68 bits per heavy atom. The summed E-state index contributed by atoms with van der Waals surface area (Å²) in [7, 11) is 0. The molecule has 0 N–H and O–H groups in total. The topological polar surface area (TPSA) is 20.3 Å². The fourth-order valence-corrected chi connectivity index (χ4v) is 4.07. The highest BCUT2D eigenvalue weighted by atomic mass is 16.2. The molecule has 1 amide bonds. The third-order valence-electron chi connectivity index (χ3n) is 5.19. The van der Waals surface area contributed by atoms with E-state index in [0.29, 0.717) is 11.8 Å². The van der Waals surface area contributed by atoms with Gasteiger partial charge in [0, 0.05) is 17.3 Å². The fourth-order valence-electron chi connectivity index (χ4n) is 4.07. The van der Waals surface area contributed by atoms with Crippen LogP contribution in [0.3, 0.4) is 0 Å². The minimum Gasteiger partial charge on any atom is -0.281 e. The van der Waals surface area contributed by atoms with Crippen LogP contribution in [0.15, 0.2) is 60.7 Å². The molecule has 2 fully saturated rings. The lowest BCUT2D eigenvalue weighted by molar-refractivity contribution is -0.119. The van der Waals surface area contributed by atoms with Gasteiger partial charge in [-0.1, -0.05) is 49.2 Å². The van der Waals surface area contributed by atoms with E-state index >= 15 is 0 Å². The van der Waals surface area contributed by atoms with Crippen LogP contribution < -0.4 is 4.90 Å². The third-order valence-corrected chi connectivity index (χ3v) is 5.19. The molecule has 0 radical (unpaired) electrons. The molecule has 112 valence electrons. The molecule has 0 aromatic heterocycles. The van der Waals surface area contributed by atoms with Gasteiger partial charge in [0.05, 0.1) is 0 Å². The molecular formula is C20H21NO. The molecule has 0 heterocycles. The van der Waals surface area contributed by atoms with E-state index in [1.165, 1.54) is 25.7 Å². The number of benzene rings is 2. The summed E-state index contributed by atoms with van der Waals surface area (Å²) in [5.41, 5.74) is 1.95. The lowest BCUT2D eigenvalue weighted by Gasteiger charge is -2.23. The molecule has 22 heavy (non-hydrogen) atoms. The molecule has 0 spiro atoms. The maximum atomic E-state index is 13.2. The van der Waals surface area contributed by atoms with Crippen molar-refractivity contribution in [2.75, 3.05) is 4.90 Å². The van der Waals surface area contributed by atoms with Gasteiger partial charge in [-0.3, -0.25) is 9.69 Å². The third kappa shape index (κ3) is 2.33. The monoisotopic (exact) mass is 291 g/mol.